The molecule has 0 radical (unpaired) electrons. The molecule has 0 unspecified atom stereocenters. The summed E-state index contributed by atoms with van der Waals surface area (Å²) in [7, 11) is 0. The number of oxime groups is 1. The van der Waals surface area contributed by atoms with Gasteiger partial charge in [-0.1, -0.05) is 23.7 Å². The summed E-state index contributed by atoms with van der Waals surface area (Å²) in [5.41, 5.74) is 2.96. The number of nitrogens with zero attached hydrogens (tertiary/aromatic N) is 1. The van der Waals surface area contributed by atoms with Gasteiger partial charge in [-0.15, -0.1) is 0 Å². The van der Waals surface area contributed by atoms with Crippen molar-refractivity contribution in [3.63, 3.8) is 0 Å². The first kappa shape index (κ1) is 21.3. The highest BCUT2D eigenvalue weighted by molar-refractivity contribution is 6.28. The Morgan fingerprint density at radius 3 is 2.56 bits per heavy atom. The zero-order chi connectivity index (χ0) is 18.7. The Labute approximate surface area is 154 Å². The van der Waals surface area contributed by atoms with Crippen molar-refractivity contribution in [1.82, 2.24) is 0 Å². The maximum absolute atomic E-state index is 12.5. The van der Waals surface area contributed by atoms with E-state index in [2.05, 4.69) is 12.1 Å². The van der Waals surface area contributed by atoms with Gasteiger partial charge in [-0.05, 0) is 63.3 Å². The Balaban J connectivity index is 2.53. The van der Waals surface area contributed by atoms with E-state index >= 15 is 0 Å². The second kappa shape index (κ2) is 11.7. The lowest BCUT2D eigenvalue weighted by Crippen LogP contribution is -2.04. The molecule has 0 aliphatic heterocycles. The summed E-state index contributed by atoms with van der Waals surface area (Å²) in [5, 5.41) is 3.13. The van der Waals surface area contributed by atoms with Crippen molar-refractivity contribution in [3.8, 4) is 11.5 Å². The van der Waals surface area contributed by atoms with Crippen LogP contribution in [0.25, 0.3) is 0 Å². The van der Waals surface area contributed by atoms with E-state index in [-0.39, 0.29) is 6.61 Å². The third-order valence-corrected chi connectivity index (χ3v) is 3.47. The van der Waals surface area contributed by atoms with E-state index in [1.807, 2.05) is 32.9 Å². The largest absolute Gasteiger partial charge is 0.493 e. The molecule has 140 valence electrons. The van der Waals surface area contributed by atoms with Crippen molar-refractivity contribution in [1.29, 1.82) is 0 Å². The lowest BCUT2D eigenvalue weighted by Gasteiger charge is -2.15. The molecule has 25 heavy (non-hydrogen) atoms. The van der Waals surface area contributed by atoms with Crippen LogP contribution in [-0.2, 0) is 11.3 Å². The number of rotatable bonds is 11. The number of hydrogen-bond donors (Lipinski definition) is 0. The van der Waals surface area contributed by atoms with Crippen molar-refractivity contribution in [2.24, 2.45) is 5.16 Å². The molecule has 0 aliphatic carbocycles. The van der Waals surface area contributed by atoms with Gasteiger partial charge >= 0.3 is 0 Å². The predicted molar refractivity (Wildman–Crippen MR) is 101 cm³/mol. The number of halogens is 2. The molecule has 1 aromatic carbocycles. The second-order valence-corrected chi connectivity index (χ2v) is 6.18. The van der Waals surface area contributed by atoms with Gasteiger partial charge < -0.3 is 14.3 Å². The average molecular weight is 372 g/mol. The lowest BCUT2D eigenvalue weighted by molar-refractivity contribution is 0.135. The Kier molecular flexibility index (Phi) is 10.0. The van der Waals surface area contributed by atoms with Gasteiger partial charge in [-0.2, -0.15) is 4.39 Å². The van der Waals surface area contributed by atoms with Crippen molar-refractivity contribution in [3.05, 3.63) is 34.6 Å². The molecule has 0 saturated heterocycles. The zero-order valence-electron chi connectivity index (χ0n) is 15.4. The summed E-state index contributed by atoms with van der Waals surface area (Å²) >= 11 is 5.16. The fourth-order valence-corrected chi connectivity index (χ4v) is 2.25. The SMILES string of the molecule is CCc1cc(OC/C=C(/F)Cl)cc(C)c1OCCCCON=C(C)C. The van der Waals surface area contributed by atoms with Gasteiger partial charge in [-0.25, -0.2) is 0 Å². The minimum Gasteiger partial charge on any atom is -0.493 e. The summed E-state index contributed by atoms with van der Waals surface area (Å²) in [6.07, 6.45) is 3.77. The van der Waals surface area contributed by atoms with Gasteiger partial charge in [0.2, 0.25) is 0 Å². The van der Waals surface area contributed by atoms with Gasteiger partial charge in [0.1, 0.15) is 24.7 Å². The molecule has 1 rings (SSSR count). The van der Waals surface area contributed by atoms with E-state index < -0.39 is 5.29 Å². The highest BCUT2D eigenvalue weighted by Gasteiger charge is 2.09. The van der Waals surface area contributed by atoms with Gasteiger partial charge in [0, 0.05) is 6.08 Å². The van der Waals surface area contributed by atoms with Crippen LogP contribution in [0.5, 0.6) is 11.5 Å². The smallest absolute Gasteiger partial charge is 0.188 e. The average Bonchev–Trinajstić information content (AvgIpc) is 2.54. The number of ether oxygens (including phenoxy) is 2. The van der Waals surface area contributed by atoms with E-state index in [4.69, 9.17) is 25.9 Å². The van der Waals surface area contributed by atoms with Crippen LogP contribution in [0.3, 0.4) is 0 Å². The first-order valence-electron chi connectivity index (χ1n) is 8.47. The van der Waals surface area contributed by atoms with Gasteiger partial charge in [0.25, 0.3) is 0 Å². The first-order valence-corrected chi connectivity index (χ1v) is 8.85. The molecule has 6 heteroatoms. The highest BCUT2D eigenvalue weighted by atomic mass is 35.5. The quantitative estimate of drug-likeness (QED) is 0.290. The van der Waals surface area contributed by atoms with Crippen LogP contribution in [0, 0.1) is 6.92 Å². The summed E-state index contributed by atoms with van der Waals surface area (Å²) in [6.45, 7) is 9.13. The molecular weight excluding hydrogens is 345 g/mol. The number of hydrogen-bond acceptors (Lipinski definition) is 4. The molecule has 0 N–H and O–H groups in total. The van der Waals surface area contributed by atoms with Crippen molar-refractivity contribution in [2.75, 3.05) is 19.8 Å². The molecule has 0 heterocycles. The molecule has 0 aromatic heterocycles. The Morgan fingerprint density at radius 1 is 1.20 bits per heavy atom. The van der Waals surface area contributed by atoms with Gasteiger partial charge in [0.15, 0.2) is 5.29 Å². The minimum atomic E-state index is -0.767. The van der Waals surface area contributed by atoms with E-state index in [1.165, 1.54) is 6.08 Å². The van der Waals surface area contributed by atoms with Crippen LogP contribution >= 0.6 is 11.6 Å². The summed E-state index contributed by atoms with van der Waals surface area (Å²) in [4.78, 5) is 5.16. The maximum atomic E-state index is 12.5. The normalized spacial score (nSPS) is 11.2. The topological polar surface area (TPSA) is 40.0 Å². The summed E-state index contributed by atoms with van der Waals surface area (Å²) in [5.74, 6) is 1.56. The molecular formula is C19H27ClFNO3. The zero-order valence-corrected chi connectivity index (χ0v) is 16.2. The van der Waals surface area contributed by atoms with Crippen LogP contribution in [-0.4, -0.2) is 25.5 Å². The predicted octanol–water partition coefficient (Wildman–Crippen LogP) is 5.56. The minimum absolute atomic E-state index is 0.0951. The molecule has 0 amide bonds. The van der Waals surface area contributed by atoms with E-state index in [0.29, 0.717) is 19.0 Å². The molecule has 0 aliphatic rings. The molecule has 0 saturated carbocycles. The Bertz CT molecular complexity index is 595. The summed E-state index contributed by atoms with van der Waals surface area (Å²) < 4.78 is 23.9. The van der Waals surface area contributed by atoms with Crippen LogP contribution in [0.4, 0.5) is 4.39 Å². The summed E-state index contributed by atoms with van der Waals surface area (Å²) in [6, 6.07) is 3.81. The molecule has 0 fully saturated rings. The van der Waals surface area contributed by atoms with Crippen molar-refractivity contribution >= 4 is 17.3 Å². The van der Waals surface area contributed by atoms with Gasteiger partial charge in [-0.3, -0.25) is 0 Å². The standard InChI is InChI=1S/C19H27ClFNO3/c1-5-16-13-17(23-11-8-18(20)21)12-15(4)19(16)24-9-6-7-10-25-22-14(2)3/h8,12-13H,5-7,9-11H2,1-4H3/b18-8+. The highest BCUT2D eigenvalue weighted by Crippen LogP contribution is 2.30. The van der Waals surface area contributed by atoms with Crippen molar-refractivity contribution in [2.45, 2.75) is 47.0 Å². The molecule has 4 nitrogen and oxygen atoms in total. The number of aryl methyl sites for hydroxylation is 2. The number of benzene rings is 1. The fourth-order valence-electron chi connectivity index (χ4n) is 2.18. The number of unbranched alkanes of at least 4 members (excludes halogenated alkanes) is 1. The van der Waals surface area contributed by atoms with E-state index in [1.54, 1.807) is 0 Å². The van der Waals surface area contributed by atoms with Crippen LogP contribution < -0.4 is 9.47 Å². The van der Waals surface area contributed by atoms with E-state index in [9.17, 15) is 4.39 Å². The monoisotopic (exact) mass is 371 g/mol. The molecule has 1 aromatic rings. The Hall–Kier alpha value is -1.75. The first-order chi connectivity index (χ1) is 11.9. The third-order valence-electron chi connectivity index (χ3n) is 3.32. The molecule has 0 atom stereocenters. The fraction of sp³-hybridized carbons (Fsp3) is 0.526. The molecule has 0 bridgehead atoms. The van der Waals surface area contributed by atoms with Crippen LogP contribution in [0.1, 0.15) is 44.7 Å². The molecule has 0 spiro atoms. The second-order valence-electron chi connectivity index (χ2n) is 5.81. The third kappa shape index (κ3) is 8.77. The van der Waals surface area contributed by atoms with Crippen LogP contribution in [0.2, 0.25) is 0 Å². The van der Waals surface area contributed by atoms with Gasteiger partial charge in [0.05, 0.1) is 12.3 Å². The van der Waals surface area contributed by atoms with E-state index in [0.717, 1.165) is 41.9 Å². The van der Waals surface area contributed by atoms with Crippen molar-refractivity contribution < 1.29 is 18.7 Å². The van der Waals surface area contributed by atoms with Crippen LogP contribution in [0.15, 0.2) is 28.7 Å². The lowest BCUT2D eigenvalue weighted by atomic mass is 10.1. The Morgan fingerprint density at radius 2 is 1.92 bits per heavy atom. The maximum Gasteiger partial charge on any atom is 0.188 e.